The molecule has 0 aliphatic heterocycles. The van der Waals surface area contributed by atoms with Crippen LogP contribution in [0.5, 0.6) is 11.5 Å². The highest BCUT2D eigenvalue weighted by Crippen LogP contribution is 2.31. The van der Waals surface area contributed by atoms with Crippen LogP contribution in [-0.4, -0.2) is 19.3 Å². The zero-order valence-electron chi connectivity index (χ0n) is 7.57. The minimum atomic E-state index is -0.111. The average molecular weight is 200 g/mol. The highest BCUT2D eigenvalue weighted by molar-refractivity contribution is 7.80. The zero-order chi connectivity index (χ0) is 9.84. The second kappa shape index (κ2) is 4.39. The third-order valence-corrected chi connectivity index (χ3v) is 2.01. The molecule has 0 spiro atoms. The van der Waals surface area contributed by atoms with Gasteiger partial charge in [-0.3, -0.25) is 0 Å². The van der Waals surface area contributed by atoms with E-state index in [-0.39, 0.29) is 6.61 Å². The summed E-state index contributed by atoms with van der Waals surface area (Å²) in [5.74, 6) is 1.18. The average Bonchev–Trinajstić information content (AvgIpc) is 2.16. The monoisotopic (exact) mass is 200 g/mol. The summed E-state index contributed by atoms with van der Waals surface area (Å²) in [5.41, 5.74) is 0.641. The fraction of sp³-hybridized carbons (Fsp3) is 0.333. The van der Waals surface area contributed by atoms with Gasteiger partial charge in [0.05, 0.1) is 26.4 Å². The second-order valence-corrected chi connectivity index (χ2v) is 3.00. The van der Waals surface area contributed by atoms with Gasteiger partial charge >= 0.3 is 0 Å². The van der Waals surface area contributed by atoms with Gasteiger partial charge in [0.1, 0.15) is 11.5 Å². The van der Waals surface area contributed by atoms with E-state index in [9.17, 15) is 0 Å². The second-order valence-electron chi connectivity index (χ2n) is 2.49. The number of thiol groups is 1. The lowest BCUT2D eigenvalue weighted by atomic mass is 10.2. The summed E-state index contributed by atoms with van der Waals surface area (Å²) in [6.07, 6.45) is 0. The van der Waals surface area contributed by atoms with Gasteiger partial charge in [0.25, 0.3) is 0 Å². The Kier molecular flexibility index (Phi) is 3.45. The summed E-state index contributed by atoms with van der Waals surface area (Å²) in [7, 11) is 3.09. The Hall–Kier alpha value is -0.870. The molecule has 1 aromatic carbocycles. The summed E-state index contributed by atoms with van der Waals surface area (Å²) in [5, 5.41) is 9.07. The largest absolute Gasteiger partial charge is 0.496 e. The molecule has 0 heterocycles. The lowest BCUT2D eigenvalue weighted by Crippen LogP contribution is -1.96. The molecule has 3 nitrogen and oxygen atoms in total. The van der Waals surface area contributed by atoms with Crippen LogP contribution in [-0.2, 0) is 6.61 Å². The van der Waals surface area contributed by atoms with Crippen LogP contribution < -0.4 is 9.47 Å². The molecule has 0 bridgehead atoms. The van der Waals surface area contributed by atoms with Crippen LogP contribution in [0, 0.1) is 0 Å². The molecule has 1 aromatic rings. The highest BCUT2D eigenvalue weighted by atomic mass is 32.1. The van der Waals surface area contributed by atoms with Gasteiger partial charge in [0, 0.05) is 4.90 Å². The van der Waals surface area contributed by atoms with E-state index < -0.39 is 0 Å². The van der Waals surface area contributed by atoms with Crippen LogP contribution >= 0.6 is 12.6 Å². The Morgan fingerprint density at radius 1 is 1.23 bits per heavy atom. The van der Waals surface area contributed by atoms with Crippen molar-refractivity contribution in [3.05, 3.63) is 17.7 Å². The summed E-state index contributed by atoms with van der Waals surface area (Å²) in [4.78, 5) is 0.742. The van der Waals surface area contributed by atoms with E-state index in [2.05, 4.69) is 12.6 Å². The predicted octanol–water partition coefficient (Wildman–Crippen LogP) is 1.48. The molecular formula is C9H12O3S. The molecule has 72 valence electrons. The molecule has 4 heteroatoms. The van der Waals surface area contributed by atoms with Gasteiger partial charge in [-0.25, -0.2) is 0 Å². The number of aliphatic hydroxyl groups excluding tert-OH is 1. The van der Waals surface area contributed by atoms with Crippen molar-refractivity contribution in [3.63, 3.8) is 0 Å². The maximum absolute atomic E-state index is 9.07. The third-order valence-electron chi connectivity index (χ3n) is 1.75. The minimum Gasteiger partial charge on any atom is -0.496 e. The summed E-state index contributed by atoms with van der Waals surface area (Å²) in [6.45, 7) is -0.111. The van der Waals surface area contributed by atoms with Crippen molar-refractivity contribution in [1.82, 2.24) is 0 Å². The molecule has 1 N–H and O–H groups in total. The van der Waals surface area contributed by atoms with Crippen LogP contribution in [0.3, 0.4) is 0 Å². The maximum Gasteiger partial charge on any atom is 0.129 e. The van der Waals surface area contributed by atoms with Crippen molar-refractivity contribution < 1.29 is 14.6 Å². The highest BCUT2D eigenvalue weighted by Gasteiger charge is 2.09. The van der Waals surface area contributed by atoms with Crippen molar-refractivity contribution in [2.24, 2.45) is 0 Å². The molecular weight excluding hydrogens is 188 g/mol. The Morgan fingerprint density at radius 2 is 1.69 bits per heavy atom. The number of hydrogen-bond acceptors (Lipinski definition) is 4. The molecule has 0 fully saturated rings. The number of methoxy groups -OCH3 is 2. The number of aliphatic hydroxyl groups is 1. The van der Waals surface area contributed by atoms with E-state index >= 15 is 0 Å². The molecule has 0 aromatic heterocycles. The smallest absolute Gasteiger partial charge is 0.129 e. The van der Waals surface area contributed by atoms with E-state index in [0.29, 0.717) is 17.1 Å². The molecule has 0 saturated heterocycles. The SMILES string of the molecule is COc1cc(S)cc(OC)c1CO. The normalized spacial score (nSPS) is 9.85. The summed E-state index contributed by atoms with van der Waals surface area (Å²) < 4.78 is 10.1. The van der Waals surface area contributed by atoms with Gasteiger partial charge in [-0.1, -0.05) is 0 Å². The molecule has 0 aliphatic carbocycles. The summed E-state index contributed by atoms with van der Waals surface area (Å²) in [6, 6.07) is 3.47. The van der Waals surface area contributed by atoms with E-state index in [1.807, 2.05) is 0 Å². The van der Waals surface area contributed by atoms with Gasteiger partial charge < -0.3 is 14.6 Å². The first-order chi connectivity index (χ1) is 6.22. The molecule has 0 saturated carbocycles. The molecule has 0 aliphatic rings. The standard InChI is InChI=1S/C9H12O3S/c1-11-8-3-6(13)4-9(12-2)7(8)5-10/h3-4,10,13H,5H2,1-2H3. The first-order valence-corrected chi connectivity index (χ1v) is 4.22. The Balaban J connectivity index is 3.25. The zero-order valence-corrected chi connectivity index (χ0v) is 8.47. The first kappa shape index (κ1) is 10.2. The fourth-order valence-corrected chi connectivity index (χ4v) is 1.36. The molecule has 0 atom stereocenters. The lowest BCUT2D eigenvalue weighted by molar-refractivity contribution is 0.264. The van der Waals surface area contributed by atoms with Crippen molar-refractivity contribution in [1.29, 1.82) is 0 Å². The maximum atomic E-state index is 9.07. The Labute approximate surface area is 82.7 Å². The third kappa shape index (κ3) is 2.08. The first-order valence-electron chi connectivity index (χ1n) is 3.77. The van der Waals surface area contributed by atoms with Crippen LogP contribution in [0.25, 0.3) is 0 Å². The van der Waals surface area contributed by atoms with E-state index in [0.717, 1.165) is 4.90 Å². The van der Waals surface area contributed by atoms with Gasteiger partial charge in [0.15, 0.2) is 0 Å². The molecule has 0 radical (unpaired) electrons. The minimum absolute atomic E-state index is 0.111. The predicted molar refractivity (Wildman–Crippen MR) is 52.7 cm³/mol. The number of hydrogen-bond donors (Lipinski definition) is 2. The van der Waals surface area contributed by atoms with Gasteiger partial charge in [-0.05, 0) is 12.1 Å². The van der Waals surface area contributed by atoms with Gasteiger partial charge in [-0.2, -0.15) is 0 Å². The van der Waals surface area contributed by atoms with Crippen LogP contribution in [0.1, 0.15) is 5.56 Å². The van der Waals surface area contributed by atoms with Crippen molar-refractivity contribution in [3.8, 4) is 11.5 Å². The molecule has 0 unspecified atom stereocenters. The molecule has 13 heavy (non-hydrogen) atoms. The van der Waals surface area contributed by atoms with Crippen molar-refractivity contribution in [2.45, 2.75) is 11.5 Å². The Morgan fingerprint density at radius 3 is 2.00 bits per heavy atom. The number of rotatable bonds is 3. The van der Waals surface area contributed by atoms with Gasteiger partial charge in [0.2, 0.25) is 0 Å². The lowest BCUT2D eigenvalue weighted by Gasteiger charge is -2.11. The topological polar surface area (TPSA) is 38.7 Å². The van der Waals surface area contributed by atoms with Crippen LogP contribution in [0.15, 0.2) is 17.0 Å². The van der Waals surface area contributed by atoms with E-state index in [1.165, 1.54) is 0 Å². The number of ether oxygens (including phenoxy) is 2. The van der Waals surface area contributed by atoms with Gasteiger partial charge in [-0.15, -0.1) is 12.6 Å². The van der Waals surface area contributed by atoms with E-state index in [1.54, 1.807) is 26.4 Å². The fourth-order valence-electron chi connectivity index (χ4n) is 1.13. The van der Waals surface area contributed by atoms with E-state index in [4.69, 9.17) is 14.6 Å². The molecule has 0 amide bonds. The quantitative estimate of drug-likeness (QED) is 0.726. The molecule has 1 rings (SSSR count). The van der Waals surface area contributed by atoms with Crippen LogP contribution in [0.2, 0.25) is 0 Å². The van der Waals surface area contributed by atoms with Crippen LogP contribution in [0.4, 0.5) is 0 Å². The summed E-state index contributed by atoms with van der Waals surface area (Å²) >= 11 is 4.18. The number of benzene rings is 1. The van der Waals surface area contributed by atoms with Crippen molar-refractivity contribution in [2.75, 3.05) is 14.2 Å². The Bertz CT molecular complexity index is 274. The van der Waals surface area contributed by atoms with Crippen molar-refractivity contribution >= 4 is 12.6 Å².